The molecule has 0 radical (unpaired) electrons. The van der Waals surface area contributed by atoms with Crippen LogP contribution >= 0.6 is 34.9 Å². The maximum absolute atomic E-state index is 13.4. The van der Waals surface area contributed by atoms with Crippen LogP contribution in [0.4, 0.5) is 24.5 Å². The van der Waals surface area contributed by atoms with Crippen molar-refractivity contribution in [3.05, 3.63) is 40.7 Å². The Hall–Kier alpha value is -2.41. The minimum atomic E-state index is -4.73. The number of hydrogen-bond donors (Lipinski definition) is 0. The molecule has 12 heteroatoms. The maximum Gasteiger partial charge on any atom is 0.436 e. The molecule has 0 unspecified atom stereocenters. The van der Waals surface area contributed by atoms with Crippen molar-refractivity contribution in [1.82, 2.24) is 20.2 Å². The van der Waals surface area contributed by atoms with Gasteiger partial charge in [-0.2, -0.15) is 13.2 Å². The summed E-state index contributed by atoms with van der Waals surface area (Å²) in [4.78, 5) is 14.0. The Bertz CT molecular complexity index is 1080. The van der Waals surface area contributed by atoms with Crippen LogP contribution < -0.4 is 0 Å². The largest absolute Gasteiger partial charge is 0.436 e. The Morgan fingerprint density at radius 1 is 1.00 bits per heavy atom. The number of rotatable bonds is 3. The number of alkyl halides is 3. The van der Waals surface area contributed by atoms with Gasteiger partial charge in [-0.05, 0) is 30.2 Å². The van der Waals surface area contributed by atoms with Crippen LogP contribution in [0.3, 0.4) is 0 Å². The molecular formula is C14H5F3N6S3. The molecule has 0 amide bonds. The predicted molar refractivity (Wildman–Crippen MR) is 92.9 cm³/mol. The maximum atomic E-state index is 13.4. The molecule has 0 N–H and O–H groups in total. The van der Waals surface area contributed by atoms with E-state index in [0.717, 1.165) is 17.4 Å². The summed E-state index contributed by atoms with van der Waals surface area (Å²) in [5.74, 6) is 0. The summed E-state index contributed by atoms with van der Waals surface area (Å²) in [7, 11) is 0. The van der Waals surface area contributed by atoms with Gasteiger partial charge in [0.1, 0.15) is 5.03 Å². The van der Waals surface area contributed by atoms with E-state index in [4.69, 9.17) is 13.1 Å². The highest BCUT2D eigenvalue weighted by molar-refractivity contribution is 8.03. The second-order valence-electron chi connectivity index (χ2n) is 4.57. The van der Waals surface area contributed by atoms with Crippen LogP contribution in [0.5, 0.6) is 0 Å². The highest BCUT2D eigenvalue weighted by Crippen LogP contribution is 2.41. The fourth-order valence-electron chi connectivity index (χ4n) is 1.90. The van der Waals surface area contributed by atoms with Crippen molar-refractivity contribution in [2.75, 3.05) is 6.26 Å². The van der Waals surface area contributed by atoms with Gasteiger partial charge in [-0.25, -0.2) is 9.97 Å². The molecule has 0 aliphatic heterocycles. The molecular weight excluding hydrogens is 405 g/mol. The minimum absolute atomic E-state index is 0.0121. The van der Waals surface area contributed by atoms with Crippen LogP contribution in [-0.2, 0) is 6.18 Å². The van der Waals surface area contributed by atoms with E-state index in [-0.39, 0.29) is 27.4 Å². The standard InChI is InChI=1S/C14H5F3N6S3/c1-18-6-4-8-9(5-7(6)19-2)21-11(10(20-8)14(15,16)17)25-13-23-22-12(24-3)26-13/h4-5H,3H3. The second-order valence-corrected chi connectivity index (χ2v) is 7.84. The van der Waals surface area contributed by atoms with Crippen molar-refractivity contribution in [3.63, 3.8) is 0 Å². The molecule has 3 aromatic rings. The van der Waals surface area contributed by atoms with E-state index in [1.807, 2.05) is 0 Å². The first-order valence-electron chi connectivity index (χ1n) is 6.59. The molecule has 26 heavy (non-hydrogen) atoms. The van der Waals surface area contributed by atoms with Crippen molar-refractivity contribution >= 4 is 57.3 Å². The Balaban J connectivity index is 2.19. The highest BCUT2D eigenvalue weighted by Gasteiger charge is 2.37. The van der Waals surface area contributed by atoms with Crippen molar-refractivity contribution < 1.29 is 13.2 Å². The third-order valence-corrected chi connectivity index (χ3v) is 5.91. The van der Waals surface area contributed by atoms with Gasteiger partial charge in [0, 0.05) is 0 Å². The lowest BCUT2D eigenvalue weighted by molar-refractivity contribution is -0.143. The summed E-state index contributed by atoms with van der Waals surface area (Å²) < 4.78 is 41.2. The van der Waals surface area contributed by atoms with Crippen molar-refractivity contribution in [2.24, 2.45) is 0 Å². The molecule has 0 bridgehead atoms. The zero-order valence-electron chi connectivity index (χ0n) is 12.7. The van der Waals surface area contributed by atoms with Crippen LogP contribution in [0.15, 0.2) is 25.8 Å². The first-order valence-corrected chi connectivity index (χ1v) is 9.44. The summed E-state index contributed by atoms with van der Waals surface area (Å²) >= 11 is 3.20. The van der Waals surface area contributed by atoms with Crippen LogP contribution in [0.2, 0.25) is 0 Å². The minimum Gasteiger partial charge on any atom is -0.250 e. The van der Waals surface area contributed by atoms with E-state index in [1.54, 1.807) is 6.26 Å². The highest BCUT2D eigenvalue weighted by atomic mass is 32.2. The van der Waals surface area contributed by atoms with Crippen LogP contribution in [0, 0.1) is 13.1 Å². The molecule has 0 spiro atoms. The number of hydrogen-bond acceptors (Lipinski definition) is 7. The van der Waals surface area contributed by atoms with Gasteiger partial charge < -0.3 is 0 Å². The molecule has 3 rings (SSSR count). The monoisotopic (exact) mass is 410 g/mol. The number of benzene rings is 1. The second kappa shape index (κ2) is 7.07. The normalized spacial score (nSPS) is 11.3. The van der Waals surface area contributed by atoms with Gasteiger partial charge in [0.15, 0.2) is 25.7 Å². The van der Waals surface area contributed by atoms with Crippen molar-refractivity contribution in [2.45, 2.75) is 19.9 Å². The van der Waals surface area contributed by atoms with Gasteiger partial charge in [0.2, 0.25) is 0 Å². The van der Waals surface area contributed by atoms with Crippen molar-refractivity contribution in [3.8, 4) is 0 Å². The van der Waals surface area contributed by atoms with E-state index >= 15 is 0 Å². The Morgan fingerprint density at radius 3 is 2.08 bits per heavy atom. The molecule has 6 nitrogen and oxygen atoms in total. The summed E-state index contributed by atoms with van der Waals surface area (Å²) in [6.07, 6.45) is -2.94. The van der Waals surface area contributed by atoms with Crippen molar-refractivity contribution in [1.29, 1.82) is 0 Å². The Morgan fingerprint density at radius 2 is 1.58 bits per heavy atom. The lowest BCUT2D eigenvalue weighted by Gasteiger charge is -2.11. The average Bonchev–Trinajstić information content (AvgIpc) is 3.06. The quantitative estimate of drug-likeness (QED) is 0.421. The fraction of sp³-hybridized carbons (Fsp3) is 0.143. The Labute approximate surface area is 157 Å². The summed E-state index contributed by atoms with van der Waals surface area (Å²) in [5, 5.41) is 7.30. The molecule has 0 aliphatic rings. The van der Waals surface area contributed by atoms with Crippen LogP contribution in [0.1, 0.15) is 5.69 Å². The predicted octanol–water partition coefficient (Wildman–Crippen LogP) is 5.47. The average molecular weight is 410 g/mol. The van der Waals surface area contributed by atoms with E-state index in [1.165, 1.54) is 17.8 Å². The molecule has 0 saturated heterocycles. The number of nitrogens with zero attached hydrogens (tertiary/aromatic N) is 6. The molecule has 0 aliphatic carbocycles. The SMILES string of the molecule is [C-]#[N+]c1cc2nc(Sc3nnc(SC)s3)c(C(F)(F)F)nc2cc1[N+]#[C-]. The van der Waals surface area contributed by atoms with Crippen LogP contribution in [0.25, 0.3) is 20.7 Å². The van der Waals surface area contributed by atoms with Gasteiger partial charge >= 0.3 is 6.18 Å². The molecule has 0 saturated carbocycles. The first-order chi connectivity index (χ1) is 12.4. The molecule has 2 aromatic heterocycles. The molecule has 0 atom stereocenters. The van der Waals surface area contributed by atoms with Gasteiger partial charge in [0.05, 0.1) is 24.2 Å². The molecule has 0 fully saturated rings. The van der Waals surface area contributed by atoms with E-state index in [2.05, 4.69) is 29.9 Å². The number of fused-ring (bicyclic) bond motifs is 1. The van der Waals surface area contributed by atoms with Gasteiger partial charge in [-0.15, -0.1) is 10.2 Å². The van der Waals surface area contributed by atoms with Crippen LogP contribution in [-0.4, -0.2) is 26.4 Å². The number of thioether (sulfide) groups is 1. The summed E-state index contributed by atoms with van der Waals surface area (Å²) in [6.45, 7) is 14.1. The summed E-state index contributed by atoms with van der Waals surface area (Å²) in [5.41, 5.74) is -1.21. The third-order valence-electron chi connectivity index (χ3n) is 2.98. The van der Waals surface area contributed by atoms with Gasteiger partial charge in [-0.1, -0.05) is 23.1 Å². The number of aromatic nitrogens is 4. The third kappa shape index (κ3) is 3.58. The van der Waals surface area contributed by atoms with E-state index < -0.39 is 11.9 Å². The fourth-order valence-corrected chi connectivity index (χ4v) is 4.36. The first kappa shape index (κ1) is 18.4. The van der Waals surface area contributed by atoms with E-state index in [0.29, 0.717) is 20.4 Å². The zero-order chi connectivity index (χ0) is 18.9. The summed E-state index contributed by atoms with van der Waals surface area (Å²) in [6, 6.07) is 2.41. The lowest BCUT2D eigenvalue weighted by atomic mass is 10.2. The van der Waals surface area contributed by atoms with Gasteiger partial charge in [-0.3, -0.25) is 9.69 Å². The van der Waals surface area contributed by atoms with E-state index in [9.17, 15) is 13.2 Å². The van der Waals surface area contributed by atoms with Gasteiger partial charge in [0.25, 0.3) is 0 Å². The molecule has 1 aromatic carbocycles. The molecule has 130 valence electrons. The molecule has 2 heterocycles. The lowest BCUT2D eigenvalue weighted by Crippen LogP contribution is -2.11. The zero-order valence-corrected chi connectivity index (χ0v) is 15.1. The topological polar surface area (TPSA) is 60.3 Å². The Kier molecular flexibility index (Phi) is 5.00. The smallest absolute Gasteiger partial charge is 0.250 e. The number of halogens is 3.